The number of hydrogen-bond donors (Lipinski definition) is 2. The maximum atomic E-state index is 12.5. The zero-order valence-electron chi connectivity index (χ0n) is 11.7. The van der Waals surface area contributed by atoms with Crippen LogP contribution >= 0.6 is 0 Å². The highest BCUT2D eigenvalue weighted by atomic mass is 19.4. The van der Waals surface area contributed by atoms with Gasteiger partial charge in [-0.05, 0) is 19.1 Å². The summed E-state index contributed by atoms with van der Waals surface area (Å²) in [4.78, 5) is 24.1. The molecule has 2 atom stereocenters. The number of alkyl halides is 3. The Hall–Kier alpha value is -2.09. The molecule has 0 fully saturated rings. The van der Waals surface area contributed by atoms with E-state index in [4.69, 9.17) is 10.2 Å². The van der Waals surface area contributed by atoms with Gasteiger partial charge in [0.1, 0.15) is 5.92 Å². The largest absolute Gasteiger partial charge is 0.481 e. The first kappa shape index (κ1) is 18.0. The molecule has 0 saturated carbocycles. The summed E-state index contributed by atoms with van der Waals surface area (Å²) in [6.07, 6.45) is -8.11. The van der Waals surface area contributed by atoms with Gasteiger partial charge in [-0.15, -0.1) is 0 Å². The van der Waals surface area contributed by atoms with Gasteiger partial charge in [0.25, 0.3) is 5.91 Å². The fraction of sp³-hybridized carbons (Fsp3) is 0.429. The first-order valence-corrected chi connectivity index (χ1v) is 6.50. The van der Waals surface area contributed by atoms with Gasteiger partial charge in [-0.1, -0.05) is 18.2 Å². The van der Waals surface area contributed by atoms with Crippen molar-refractivity contribution < 1.29 is 33.0 Å². The number of carbonyl (C=O) groups excluding carboxylic acids is 1. The third kappa shape index (κ3) is 4.45. The van der Waals surface area contributed by atoms with E-state index in [0.717, 1.165) is 4.90 Å². The molecule has 1 amide bonds. The van der Waals surface area contributed by atoms with Crippen LogP contribution < -0.4 is 0 Å². The van der Waals surface area contributed by atoms with Crippen molar-refractivity contribution in [1.82, 2.24) is 4.90 Å². The van der Waals surface area contributed by atoms with Crippen molar-refractivity contribution in [3.63, 3.8) is 0 Å². The molecule has 0 heterocycles. The number of aliphatic hydroxyl groups is 1. The molecule has 2 N–H and O–H groups in total. The van der Waals surface area contributed by atoms with Gasteiger partial charge in [0, 0.05) is 18.7 Å². The number of aliphatic carboxylic acids is 1. The second-order valence-electron chi connectivity index (χ2n) is 4.64. The Morgan fingerprint density at radius 1 is 1.23 bits per heavy atom. The predicted molar refractivity (Wildman–Crippen MR) is 71.2 cm³/mol. The van der Waals surface area contributed by atoms with Gasteiger partial charge in [-0.25, -0.2) is 0 Å². The van der Waals surface area contributed by atoms with Crippen LogP contribution in [0.15, 0.2) is 30.3 Å². The molecule has 0 aliphatic heterocycles. The molecular weight excluding hydrogens is 303 g/mol. The Kier molecular flexibility index (Phi) is 5.92. The SMILES string of the molecule is CCN(C[C@H](C(=O)O)[C@H](O)C(F)(F)F)C(=O)c1ccccc1. The molecule has 122 valence electrons. The fourth-order valence-corrected chi connectivity index (χ4v) is 1.90. The third-order valence-corrected chi connectivity index (χ3v) is 3.14. The van der Waals surface area contributed by atoms with E-state index in [1.807, 2.05) is 0 Å². The van der Waals surface area contributed by atoms with Crippen molar-refractivity contribution in [2.45, 2.75) is 19.2 Å². The molecule has 22 heavy (non-hydrogen) atoms. The third-order valence-electron chi connectivity index (χ3n) is 3.14. The van der Waals surface area contributed by atoms with Crippen LogP contribution in [-0.2, 0) is 4.79 Å². The lowest BCUT2D eigenvalue weighted by molar-refractivity contribution is -0.223. The van der Waals surface area contributed by atoms with Crippen molar-refractivity contribution in [3.05, 3.63) is 35.9 Å². The summed E-state index contributed by atoms with van der Waals surface area (Å²) in [5, 5.41) is 18.1. The Bertz CT molecular complexity index is 519. The van der Waals surface area contributed by atoms with Crippen molar-refractivity contribution in [3.8, 4) is 0 Å². The monoisotopic (exact) mass is 319 g/mol. The molecule has 0 aliphatic rings. The van der Waals surface area contributed by atoms with Crippen LogP contribution in [0, 0.1) is 5.92 Å². The van der Waals surface area contributed by atoms with Crippen molar-refractivity contribution in [2.24, 2.45) is 5.92 Å². The molecular formula is C14H16F3NO4. The summed E-state index contributed by atoms with van der Waals surface area (Å²) in [5.74, 6) is -4.56. The normalized spacial score (nSPS) is 14.2. The second kappa shape index (κ2) is 7.26. The molecule has 0 unspecified atom stereocenters. The molecule has 1 aromatic carbocycles. The summed E-state index contributed by atoms with van der Waals surface area (Å²) >= 11 is 0. The van der Waals surface area contributed by atoms with E-state index in [9.17, 15) is 22.8 Å². The lowest BCUT2D eigenvalue weighted by Crippen LogP contribution is -2.47. The van der Waals surface area contributed by atoms with Crippen LogP contribution in [-0.4, -0.2) is 52.4 Å². The van der Waals surface area contributed by atoms with Crippen molar-refractivity contribution >= 4 is 11.9 Å². The van der Waals surface area contributed by atoms with E-state index >= 15 is 0 Å². The van der Waals surface area contributed by atoms with E-state index < -0.39 is 36.6 Å². The number of nitrogens with zero attached hydrogens (tertiary/aromatic N) is 1. The summed E-state index contributed by atoms with van der Waals surface area (Å²) in [6, 6.07) is 7.78. The number of hydrogen-bond acceptors (Lipinski definition) is 3. The average molecular weight is 319 g/mol. The molecule has 0 aliphatic carbocycles. The Balaban J connectivity index is 2.95. The molecule has 0 aromatic heterocycles. The molecule has 1 rings (SSSR count). The summed E-state index contributed by atoms with van der Waals surface area (Å²) in [7, 11) is 0. The van der Waals surface area contributed by atoms with Crippen LogP contribution in [0.2, 0.25) is 0 Å². The first-order chi connectivity index (χ1) is 10.2. The van der Waals surface area contributed by atoms with Gasteiger partial charge < -0.3 is 15.1 Å². The number of aliphatic hydroxyl groups excluding tert-OH is 1. The van der Waals surface area contributed by atoms with E-state index in [1.165, 1.54) is 19.1 Å². The van der Waals surface area contributed by atoms with Gasteiger partial charge in [0.2, 0.25) is 0 Å². The average Bonchev–Trinajstić information content (AvgIpc) is 2.46. The quantitative estimate of drug-likeness (QED) is 0.838. The molecule has 5 nitrogen and oxygen atoms in total. The van der Waals surface area contributed by atoms with Crippen LogP contribution in [0.5, 0.6) is 0 Å². The zero-order chi connectivity index (χ0) is 16.9. The number of benzene rings is 1. The van der Waals surface area contributed by atoms with Crippen LogP contribution in [0.4, 0.5) is 13.2 Å². The van der Waals surface area contributed by atoms with Gasteiger partial charge in [-0.2, -0.15) is 13.2 Å². The Labute approximate surface area is 125 Å². The minimum Gasteiger partial charge on any atom is -0.481 e. The van der Waals surface area contributed by atoms with Crippen LogP contribution in [0.3, 0.4) is 0 Å². The maximum absolute atomic E-state index is 12.5. The maximum Gasteiger partial charge on any atom is 0.415 e. The standard InChI is InChI=1S/C14H16F3NO4/c1-2-18(12(20)9-6-4-3-5-7-9)8-10(13(21)22)11(19)14(15,16)17/h3-7,10-11,19H,2,8H2,1H3,(H,21,22)/t10-,11-/m0/s1. The highest BCUT2D eigenvalue weighted by Crippen LogP contribution is 2.26. The second-order valence-corrected chi connectivity index (χ2v) is 4.64. The number of rotatable bonds is 6. The number of carbonyl (C=O) groups is 2. The smallest absolute Gasteiger partial charge is 0.415 e. The lowest BCUT2D eigenvalue weighted by Gasteiger charge is -2.28. The summed E-state index contributed by atoms with van der Waals surface area (Å²) < 4.78 is 37.6. The van der Waals surface area contributed by atoms with Crippen LogP contribution in [0.1, 0.15) is 17.3 Å². The number of amides is 1. The molecule has 8 heteroatoms. The highest BCUT2D eigenvalue weighted by molar-refractivity contribution is 5.94. The van der Waals surface area contributed by atoms with E-state index in [-0.39, 0.29) is 12.1 Å². The minimum absolute atomic E-state index is 0.0160. The van der Waals surface area contributed by atoms with Crippen LogP contribution in [0.25, 0.3) is 0 Å². The number of carboxylic acid groups (broad SMARTS) is 1. The molecule has 1 aromatic rings. The van der Waals surface area contributed by atoms with E-state index in [0.29, 0.717) is 0 Å². The number of carboxylic acids is 1. The number of halogens is 3. The molecule has 0 saturated heterocycles. The van der Waals surface area contributed by atoms with E-state index in [2.05, 4.69) is 0 Å². The van der Waals surface area contributed by atoms with Gasteiger partial charge in [0.05, 0.1) is 0 Å². The topological polar surface area (TPSA) is 77.8 Å². The minimum atomic E-state index is -5.07. The van der Waals surface area contributed by atoms with Gasteiger partial charge in [-0.3, -0.25) is 9.59 Å². The molecule has 0 radical (unpaired) electrons. The Morgan fingerprint density at radius 3 is 2.18 bits per heavy atom. The molecule has 0 bridgehead atoms. The van der Waals surface area contributed by atoms with Gasteiger partial charge in [0.15, 0.2) is 6.10 Å². The van der Waals surface area contributed by atoms with Crippen molar-refractivity contribution in [1.29, 1.82) is 0 Å². The summed E-state index contributed by atoms with van der Waals surface area (Å²) in [6.45, 7) is 0.794. The van der Waals surface area contributed by atoms with Crippen molar-refractivity contribution in [2.75, 3.05) is 13.1 Å². The lowest BCUT2D eigenvalue weighted by atomic mass is 10.0. The molecule has 0 spiro atoms. The summed E-state index contributed by atoms with van der Waals surface area (Å²) in [5.41, 5.74) is 0.231. The Morgan fingerprint density at radius 2 is 1.77 bits per heavy atom. The zero-order valence-corrected chi connectivity index (χ0v) is 11.7. The fourth-order valence-electron chi connectivity index (χ4n) is 1.90. The first-order valence-electron chi connectivity index (χ1n) is 6.50. The highest BCUT2D eigenvalue weighted by Gasteiger charge is 2.47. The predicted octanol–water partition coefficient (Wildman–Crippen LogP) is 1.77. The van der Waals surface area contributed by atoms with Gasteiger partial charge >= 0.3 is 12.1 Å². The van der Waals surface area contributed by atoms with E-state index in [1.54, 1.807) is 18.2 Å².